The Morgan fingerprint density at radius 3 is 2.33 bits per heavy atom. The van der Waals surface area contributed by atoms with E-state index in [1.807, 2.05) is 13.8 Å². The average Bonchev–Trinajstić information content (AvgIpc) is 3.00. The first-order valence-electron chi connectivity index (χ1n) is 15.2. The van der Waals surface area contributed by atoms with Crippen molar-refractivity contribution in [3.05, 3.63) is 71.6 Å². The molecule has 2 amide bonds. The number of phenols is 1. The highest BCUT2D eigenvalue weighted by atomic mass is 32.2. The molecule has 0 saturated carbocycles. The highest BCUT2D eigenvalue weighted by Gasteiger charge is 2.38. The summed E-state index contributed by atoms with van der Waals surface area (Å²) in [6.45, 7) is 8.75. The van der Waals surface area contributed by atoms with Crippen molar-refractivity contribution >= 4 is 27.4 Å². The van der Waals surface area contributed by atoms with Gasteiger partial charge in [0.2, 0.25) is 11.8 Å². The van der Waals surface area contributed by atoms with Crippen LogP contribution in [0.3, 0.4) is 0 Å². The number of hydrogen-bond acceptors (Lipinski definition) is 9. The Morgan fingerprint density at radius 1 is 1.07 bits per heavy atom. The van der Waals surface area contributed by atoms with Crippen LogP contribution in [0.15, 0.2) is 71.0 Å². The van der Waals surface area contributed by atoms with E-state index >= 15 is 0 Å². The van der Waals surface area contributed by atoms with Crippen molar-refractivity contribution in [2.24, 2.45) is 17.1 Å². The van der Waals surface area contributed by atoms with Gasteiger partial charge in [-0.25, -0.2) is 8.42 Å². The zero-order chi connectivity index (χ0) is 33.2. The van der Waals surface area contributed by atoms with Crippen molar-refractivity contribution in [2.45, 2.75) is 76.1 Å². The molecule has 1 aliphatic rings. The van der Waals surface area contributed by atoms with Crippen molar-refractivity contribution in [2.75, 3.05) is 19.7 Å². The Bertz CT molecular complexity index is 1420. The smallest absolute Gasteiger partial charge is 0.243 e. The van der Waals surface area contributed by atoms with Crippen LogP contribution in [0.2, 0.25) is 0 Å². The van der Waals surface area contributed by atoms with E-state index in [4.69, 9.17) is 10.5 Å². The van der Waals surface area contributed by atoms with Crippen molar-refractivity contribution in [1.29, 1.82) is 0 Å². The largest absolute Gasteiger partial charge is 0.508 e. The Hall–Kier alpha value is -3.58. The summed E-state index contributed by atoms with van der Waals surface area (Å²) in [5.41, 5.74) is 6.07. The molecule has 0 aromatic heterocycles. The number of hydrogen-bond donors (Lipinski definition) is 5. The van der Waals surface area contributed by atoms with Gasteiger partial charge in [-0.2, -0.15) is 0 Å². The predicted molar refractivity (Wildman–Crippen MR) is 172 cm³/mol. The third-order valence-corrected chi connectivity index (χ3v) is 9.02. The van der Waals surface area contributed by atoms with Crippen molar-refractivity contribution in [3.8, 4) is 5.75 Å². The third-order valence-electron chi connectivity index (χ3n) is 7.58. The number of morpholine rings is 1. The minimum Gasteiger partial charge on any atom is -0.508 e. The third kappa shape index (κ3) is 11.1. The summed E-state index contributed by atoms with van der Waals surface area (Å²) in [5, 5.41) is 19.5. The molecule has 11 nitrogen and oxygen atoms in total. The van der Waals surface area contributed by atoms with Crippen LogP contribution in [0.1, 0.15) is 46.1 Å². The van der Waals surface area contributed by atoms with E-state index in [9.17, 15) is 27.9 Å². The molecule has 3 unspecified atom stereocenters. The fourth-order valence-corrected chi connectivity index (χ4v) is 6.21. The molecule has 0 radical (unpaired) electrons. The number of phenolic OH excluding ortho intramolecular Hbond substituents is 1. The number of nitrogens with two attached hydrogens (primary N) is 1. The average molecular weight is 643 g/mol. The second kappa shape index (κ2) is 16.1. The fourth-order valence-electron chi connectivity index (χ4n) is 5.12. The van der Waals surface area contributed by atoms with Gasteiger partial charge in [-0.05, 0) is 55.0 Å². The molecule has 1 aliphatic heterocycles. The molecule has 0 spiro atoms. The monoisotopic (exact) mass is 642 g/mol. The number of carbonyl (C=O) groups excluding carboxylic acids is 3. The molecule has 0 aliphatic carbocycles. The number of nitrogens with one attached hydrogen (secondary N) is 3. The molecule has 246 valence electrons. The predicted octanol–water partition coefficient (Wildman–Crippen LogP) is 2.24. The lowest BCUT2D eigenvalue weighted by atomic mass is 9.79. The van der Waals surface area contributed by atoms with Gasteiger partial charge < -0.3 is 31.5 Å². The molecule has 3 rings (SSSR count). The van der Waals surface area contributed by atoms with Crippen LogP contribution >= 0.6 is 0 Å². The van der Waals surface area contributed by atoms with Gasteiger partial charge in [0.05, 0.1) is 23.6 Å². The van der Waals surface area contributed by atoms with E-state index in [0.29, 0.717) is 26.1 Å². The number of ether oxygens (including phenoxy) is 1. The number of carbonyl (C=O) groups is 3. The van der Waals surface area contributed by atoms with Crippen LogP contribution in [0, 0.1) is 11.3 Å². The molecule has 1 fully saturated rings. The summed E-state index contributed by atoms with van der Waals surface area (Å²) in [5.74, 6) is -1.13. The summed E-state index contributed by atoms with van der Waals surface area (Å²) in [7, 11) is -3.79. The maximum atomic E-state index is 13.6. The molecule has 2 aromatic rings. The molecule has 45 heavy (non-hydrogen) atoms. The van der Waals surface area contributed by atoms with Crippen LogP contribution in [0.4, 0.5) is 0 Å². The first-order chi connectivity index (χ1) is 21.2. The van der Waals surface area contributed by atoms with E-state index in [1.54, 1.807) is 44.2 Å². The molecule has 4 atom stereocenters. The van der Waals surface area contributed by atoms with E-state index in [1.165, 1.54) is 30.3 Å². The van der Waals surface area contributed by atoms with E-state index < -0.39 is 51.3 Å². The standard InChI is InChI=1S/C33H46N4O7S/c1-22(2)18-28(37-31(40)27(34)20-33(3,4)30(39)29-21-35-15-16-44-29)32(41)36-24(19-23-10-12-25(38)13-11-23)14-17-45(42,43)26-8-6-5-7-9-26/h5-14,17,22,24,27-29,35,38H,15-16,18-21,34H2,1-4H3,(H,36,41)(H,37,40)/b17-14+/t24-,27?,28?,29?/m1/s1. The minimum atomic E-state index is -3.79. The lowest BCUT2D eigenvalue weighted by Crippen LogP contribution is -2.55. The fraction of sp³-hybridized carbons (Fsp3) is 0.485. The first-order valence-corrected chi connectivity index (χ1v) is 16.7. The van der Waals surface area contributed by atoms with Gasteiger partial charge >= 0.3 is 0 Å². The van der Waals surface area contributed by atoms with E-state index in [2.05, 4.69) is 16.0 Å². The van der Waals surface area contributed by atoms with Crippen LogP contribution < -0.4 is 21.7 Å². The Balaban J connectivity index is 1.76. The maximum absolute atomic E-state index is 13.6. The molecular formula is C33H46N4O7S. The van der Waals surface area contributed by atoms with Crippen LogP contribution in [-0.2, 0) is 35.4 Å². The normalized spacial score (nSPS) is 17.9. The van der Waals surface area contributed by atoms with Crippen molar-refractivity contribution in [1.82, 2.24) is 16.0 Å². The second-order valence-electron chi connectivity index (χ2n) is 12.5. The lowest BCUT2D eigenvalue weighted by molar-refractivity contribution is -0.142. The Labute approximate surface area is 265 Å². The van der Waals surface area contributed by atoms with Gasteiger partial charge in [0.1, 0.15) is 17.9 Å². The minimum absolute atomic E-state index is 0.0239. The van der Waals surface area contributed by atoms with Gasteiger partial charge in [0.25, 0.3) is 0 Å². The van der Waals surface area contributed by atoms with E-state index in [-0.39, 0.29) is 35.2 Å². The van der Waals surface area contributed by atoms with E-state index in [0.717, 1.165) is 11.0 Å². The van der Waals surface area contributed by atoms with Crippen LogP contribution in [-0.4, -0.2) is 75.0 Å². The van der Waals surface area contributed by atoms with Crippen molar-refractivity contribution < 1.29 is 32.6 Å². The number of rotatable bonds is 15. The summed E-state index contributed by atoms with van der Waals surface area (Å²) < 4.78 is 31.5. The van der Waals surface area contributed by atoms with Gasteiger partial charge in [-0.15, -0.1) is 0 Å². The van der Waals surface area contributed by atoms with Gasteiger partial charge in [-0.3, -0.25) is 14.4 Å². The molecule has 1 heterocycles. The zero-order valence-corrected chi connectivity index (χ0v) is 27.2. The summed E-state index contributed by atoms with van der Waals surface area (Å²) >= 11 is 0. The maximum Gasteiger partial charge on any atom is 0.243 e. The summed E-state index contributed by atoms with van der Waals surface area (Å²) in [6.07, 6.45) is 1.36. The van der Waals surface area contributed by atoms with Gasteiger partial charge in [0.15, 0.2) is 15.6 Å². The number of benzene rings is 2. The molecular weight excluding hydrogens is 596 g/mol. The number of amides is 2. The van der Waals surface area contributed by atoms with Crippen LogP contribution in [0.5, 0.6) is 5.75 Å². The molecule has 12 heteroatoms. The number of Topliss-reactive ketones (excluding diaryl/α,β-unsaturated/α-hetero) is 1. The molecule has 1 saturated heterocycles. The van der Waals surface area contributed by atoms with Gasteiger partial charge in [-0.1, -0.05) is 64.1 Å². The highest BCUT2D eigenvalue weighted by Crippen LogP contribution is 2.26. The number of sulfone groups is 1. The molecule has 6 N–H and O–H groups in total. The first kappa shape index (κ1) is 35.9. The molecule has 2 aromatic carbocycles. The topological polar surface area (TPSA) is 177 Å². The van der Waals surface area contributed by atoms with Gasteiger partial charge in [0, 0.05) is 23.9 Å². The Morgan fingerprint density at radius 2 is 1.73 bits per heavy atom. The zero-order valence-electron chi connectivity index (χ0n) is 26.4. The number of ketones is 1. The number of aromatic hydroxyl groups is 1. The second-order valence-corrected chi connectivity index (χ2v) is 14.3. The summed E-state index contributed by atoms with van der Waals surface area (Å²) in [4.78, 5) is 40.1. The molecule has 0 bridgehead atoms. The Kier molecular flexibility index (Phi) is 12.9. The summed E-state index contributed by atoms with van der Waals surface area (Å²) in [6, 6.07) is 11.5. The quantitative estimate of drug-likeness (QED) is 0.195. The lowest BCUT2D eigenvalue weighted by Gasteiger charge is -2.32. The SMILES string of the molecule is CC(C)CC(NC(=O)C(N)CC(C)(C)C(=O)C1CNCCO1)C(=O)N[C@H](/C=C/S(=O)(=O)c1ccccc1)Cc1ccc(O)cc1. The highest BCUT2D eigenvalue weighted by molar-refractivity contribution is 7.94. The van der Waals surface area contributed by atoms with Crippen molar-refractivity contribution in [3.63, 3.8) is 0 Å². The van der Waals surface area contributed by atoms with Crippen LogP contribution in [0.25, 0.3) is 0 Å².